The molecule has 0 spiro atoms. The van der Waals surface area contributed by atoms with Gasteiger partial charge in [-0.25, -0.2) is 4.39 Å². The highest BCUT2D eigenvalue weighted by molar-refractivity contribution is 8.00. The number of nitrogens with zero attached hydrogens (tertiary/aromatic N) is 1. The van der Waals surface area contributed by atoms with Crippen molar-refractivity contribution in [1.29, 1.82) is 0 Å². The standard InChI is InChI=1S/C28H30ClFN2O2S/c1-2-3-17-31-28(34)26(18-21-7-5-4-6-8-21)32(19-22-9-13-24(30)14-10-22)27(33)20-35-25-15-11-23(29)12-16-25/h4-16,26H,2-3,17-20H2,1H3,(H,31,34). The Morgan fingerprint density at radius 1 is 0.971 bits per heavy atom. The fourth-order valence-corrected chi connectivity index (χ4v) is 4.52. The first kappa shape index (κ1) is 26.8. The van der Waals surface area contributed by atoms with Gasteiger partial charge in [0.2, 0.25) is 11.8 Å². The molecule has 0 saturated carbocycles. The third-order valence-corrected chi connectivity index (χ3v) is 6.79. The lowest BCUT2D eigenvalue weighted by Gasteiger charge is -2.31. The number of hydrogen-bond acceptors (Lipinski definition) is 3. The molecule has 1 N–H and O–H groups in total. The average molecular weight is 513 g/mol. The molecule has 35 heavy (non-hydrogen) atoms. The quantitative estimate of drug-likeness (QED) is 0.235. The SMILES string of the molecule is CCCCNC(=O)C(Cc1ccccc1)N(Cc1ccc(F)cc1)C(=O)CSc1ccc(Cl)cc1. The van der Waals surface area contributed by atoms with Crippen LogP contribution in [0.25, 0.3) is 0 Å². The smallest absolute Gasteiger partial charge is 0.243 e. The summed E-state index contributed by atoms with van der Waals surface area (Å²) in [4.78, 5) is 29.4. The summed E-state index contributed by atoms with van der Waals surface area (Å²) in [5, 5.41) is 3.63. The maximum Gasteiger partial charge on any atom is 0.243 e. The Morgan fingerprint density at radius 2 is 1.66 bits per heavy atom. The number of halogens is 2. The van der Waals surface area contributed by atoms with E-state index in [1.54, 1.807) is 29.2 Å². The molecule has 0 bridgehead atoms. The minimum atomic E-state index is -0.697. The van der Waals surface area contributed by atoms with Crippen LogP contribution in [0.15, 0.2) is 83.8 Å². The van der Waals surface area contributed by atoms with Crippen LogP contribution < -0.4 is 5.32 Å². The number of thioether (sulfide) groups is 1. The molecule has 2 amide bonds. The lowest BCUT2D eigenvalue weighted by atomic mass is 10.0. The van der Waals surface area contributed by atoms with Crippen molar-refractivity contribution in [2.45, 2.75) is 43.7 Å². The van der Waals surface area contributed by atoms with E-state index >= 15 is 0 Å². The van der Waals surface area contributed by atoms with Crippen LogP contribution in [0.5, 0.6) is 0 Å². The van der Waals surface area contributed by atoms with E-state index in [4.69, 9.17) is 11.6 Å². The first-order valence-corrected chi connectivity index (χ1v) is 13.1. The van der Waals surface area contributed by atoms with Gasteiger partial charge in [-0.2, -0.15) is 0 Å². The van der Waals surface area contributed by atoms with Gasteiger partial charge in [0.1, 0.15) is 11.9 Å². The predicted molar refractivity (Wildman–Crippen MR) is 141 cm³/mol. The van der Waals surface area contributed by atoms with Crippen LogP contribution in [0.1, 0.15) is 30.9 Å². The zero-order valence-electron chi connectivity index (χ0n) is 19.8. The third kappa shape index (κ3) is 8.71. The second-order valence-corrected chi connectivity index (χ2v) is 9.73. The number of nitrogens with one attached hydrogen (secondary N) is 1. The van der Waals surface area contributed by atoms with Crippen LogP contribution in [0.3, 0.4) is 0 Å². The fourth-order valence-electron chi connectivity index (χ4n) is 3.61. The molecule has 7 heteroatoms. The molecule has 4 nitrogen and oxygen atoms in total. The molecule has 0 saturated heterocycles. The molecule has 0 radical (unpaired) electrons. The zero-order valence-corrected chi connectivity index (χ0v) is 21.3. The molecule has 0 aromatic heterocycles. The third-order valence-electron chi connectivity index (χ3n) is 5.54. The van der Waals surface area contributed by atoms with E-state index in [0.29, 0.717) is 18.0 Å². The van der Waals surface area contributed by atoms with Crippen LogP contribution >= 0.6 is 23.4 Å². The monoisotopic (exact) mass is 512 g/mol. The van der Waals surface area contributed by atoms with E-state index in [1.807, 2.05) is 42.5 Å². The van der Waals surface area contributed by atoms with Gasteiger partial charge in [0.15, 0.2) is 0 Å². The Hall–Kier alpha value is -2.83. The topological polar surface area (TPSA) is 49.4 Å². The highest BCUT2D eigenvalue weighted by Crippen LogP contribution is 2.23. The van der Waals surface area contributed by atoms with E-state index < -0.39 is 6.04 Å². The lowest BCUT2D eigenvalue weighted by Crippen LogP contribution is -2.51. The second kappa shape index (κ2) is 13.9. The van der Waals surface area contributed by atoms with Crippen molar-refractivity contribution in [3.05, 3.63) is 101 Å². The second-order valence-electron chi connectivity index (χ2n) is 8.24. The Balaban J connectivity index is 1.86. The summed E-state index contributed by atoms with van der Waals surface area (Å²) in [6.07, 6.45) is 2.21. The van der Waals surface area contributed by atoms with Crippen LogP contribution in [0, 0.1) is 5.82 Å². The Kier molecular flexibility index (Phi) is 10.6. The van der Waals surface area contributed by atoms with E-state index in [9.17, 15) is 14.0 Å². The summed E-state index contributed by atoms with van der Waals surface area (Å²) in [6, 6.07) is 22.3. The van der Waals surface area contributed by atoms with Gasteiger partial charge >= 0.3 is 0 Å². The van der Waals surface area contributed by atoms with Gasteiger partial charge in [-0.1, -0.05) is 67.4 Å². The molecule has 1 unspecified atom stereocenters. The van der Waals surface area contributed by atoms with Crippen LogP contribution in [0.4, 0.5) is 4.39 Å². The molecular formula is C28H30ClFN2O2S. The molecule has 3 rings (SSSR count). The first-order valence-electron chi connectivity index (χ1n) is 11.7. The van der Waals surface area contributed by atoms with Crippen molar-refractivity contribution >= 4 is 35.2 Å². The Labute approximate surface area is 215 Å². The summed E-state index contributed by atoms with van der Waals surface area (Å²) in [6.45, 7) is 2.82. The van der Waals surface area contributed by atoms with Gasteiger partial charge < -0.3 is 10.2 Å². The van der Waals surface area contributed by atoms with Gasteiger partial charge in [-0.15, -0.1) is 11.8 Å². The summed E-state index contributed by atoms with van der Waals surface area (Å²) in [5.41, 5.74) is 1.72. The minimum Gasteiger partial charge on any atom is -0.354 e. The first-order chi connectivity index (χ1) is 17.0. The van der Waals surface area contributed by atoms with E-state index in [0.717, 1.165) is 28.9 Å². The molecule has 1 atom stereocenters. The zero-order chi connectivity index (χ0) is 25.0. The predicted octanol–water partition coefficient (Wildman–Crippen LogP) is 6.13. The number of unbranched alkanes of at least 4 members (excludes halogenated alkanes) is 1. The molecular weight excluding hydrogens is 483 g/mol. The molecule has 0 fully saturated rings. The average Bonchev–Trinajstić information content (AvgIpc) is 2.87. The van der Waals surface area contributed by atoms with Crippen LogP contribution in [-0.4, -0.2) is 35.1 Å². The number of hydrogen-bond donors (Lipinski definition) is 1. The molecule has 0 aliphatic heterocycles. The molecule has 0 aliphatic carbocycles. The molecule has 184 valence electrons. The lowest BCUT2D eigenvalue weighted by molar-refractivity contribution is -0.139. The van der Waals surface area contributed by atoms with Gasteiger partial charge in [0.25, 0.3) is 0 Å². The van der Waals surface area contributed by atoms with Crippen LogP contribution in [-0.2, 0) is 22.6 Å². The van der Waals surface area contributed by atoms with Crippen molar-refractivity contribution < 1.29 is 14.0 Å². The fraction of sp³-hybridized carbons (Fsp3) is 0.286. The Morgan fingerprint density at radius 3 is 2.31 bits per heavy atom. The van der Waals surface area contributed by atoms with E-state index in [-0.39, 0.29) is 29.9 Å². The highest BCUT2D eigenvalue weighted by Gasteiger charge is 2.30. The molecule has 3 aromatic carbocycles. The maximum atomic E-state index is 13.5. The number of benzene rings is 3. The number of carbonyl (C=O) groups is 2. The molecule has 0 aliphatic rings. The number of amides is 2. The van der Waals surface area contributed by atoms with E-state index in [2.05, 4.69) is 12.2 Å². The highest BCUT2D eigenvalue weighted by atomic mass is 35.5. The molecule has 0 heterocycles. The summed E-state index contributed by atoms with van der Waals surface area (Å²) < 4.78 is 13.5. The van der Waals surface area contributed by atoms with Gasteiger partial charge in [0.05, 0.1) is 5.75 Å². The largest absolute Gasteiger partial charge is 0.354 e. The minimum absolute atomic E-state index is 0.163. The van der Waals surface area contributed by atoms with Crippen molar-refractivity contribution in [1.82, 2.24) is 10.2 Å². The summed E-state index contributed by atoms with van der Waals surface area (Å²) >= 11 is 7.37. The van der Waals surface area contributed by atoms with E-state index in [1.165, 1.54) is 23.9 Å². The van der Waals surface area contributed by atoms with Crippen molar-refractivity contribution in [2.75, 3.05) is 12.3 Å². The number of carbonyl (C=O) groups excluding carboxylic acids is 2. The van der Waals surface area contributed by atoms with Gasteiger partial charge in [0, 0.05) is 29.4 Å². The van der Waals surface area contributed by atoms with Crippen LogP contribution in [0.2, 0.25) is 5.02 Å². The normalized spacial score (nSPS) is 11.6. The van der Waals surface area contributed by atoms with Crippen molar-refractivity contribution in [3.8, 4) is 0 Å². The molecule has 3 aromatic rings. The summed E-state index contributed by atoms with van der Waals surface area (Å²) in [5.74, 6) is -0.533. The maximum absolute atomic E-state index is 13.5. The van der Waals surface area contributed by atoms with Gasteiger partial charge in [-0.05, 0) is 53.9 Å². The summed E-state index contributed by atoms with van der Waals surface area (Å²) in [7, 11) is 0. The van der Waals surface area contributed by atoms with Gasteiger partial charge in [-0.3, -0.25) is 9.59 Å². The van der Waals surface area contributed by atoms with Crippen molar-refractivity contribution in [2.24, 2.45) is 0 Å². The Bertz CT molecular complexity index is 1080. The van der Waals surface area contributed by atoms with Crippen molar-refractivity contribution in [3.63, 3.8) is 0 Å². The number of rotatable bonds is 12.